The van der Waals surface area contributed by atoms with Gasteiger partial charge in [-0.1, -0.05) is 60.7 Å². The summed E-state index contributed by atoms with van der Waals surface area (Å²) < 4.78 is 1.80. The molecule has 0 aliphatic rings. The van der Waals surface area contributed by atoms with E-state index < -0.39 is 0 Å². The van der Waals surface area contributed by atoms with Crippen molar-refractivity contribution in [2.24, 2.45) is 0 Å². The fourth-order valence-electron chi connectivity index (χ4n) is 3.33. The van der Waals surface area contributed by atoms with Gasteiger partial charge < -0.3 is 15.1 Å². The van der Waals surface area contributed by atoms with Gasteiger partial charge in [0, 0.05) is 30.3 Å². The number of benzene rings is 2. The maximum Gasteiger partial charge on any atom is 0.159 e. The first kappa shape index (κ1) is 19.8. The van der Waals surface area contributed by atoms with Crippen LogP contribution in [0.5, 0.6) is 0 Å². The van der Waals surface area contributed by atoms with E-state index in [1.165, 1.54) is 6.33 Å². The molecular weight excluding hydrogens is 378 g/mol. The molecule has 0 spiro atoms. The Bertz CT molecular complexity index is 1080. The molecule has 0 atom stereocenters. The Hall–Kier alpha value is -3.55. The van der Waals surface area contributed by atoms with Crippen LogP contribution in [0.1, 0.15) is 0 Å². The van der Waals surface area contributed by atoms with Crippen molar-refractivity contribution in [3.63, 3.8) is 0 Å². The molecule has 7 heteroatoms. The molecule has 0 amide bonds. The average molecular weight is 401 g/mol. The highest BCUT2D eigenvalue weighted by molar-refractivity contribution is 5.70. The molecule has 7 nitrogen and oxygen atoms in total. The summed E-state index contributed by atoms with van der Waals surface area (Å²) in [5.41, 5.74) is 3.80. The summed E-state index contributed by atoms with van der Waals surface area (Å²) >= 11 is 0. The first-order valence-electron chi connectivity index (χ1n) is 9.80. The van der Waals surface area contributed by atoms with Crippen molar-refractivity contribution < 1.29 is 10.2 Å². The first-order chi connectivity index (χ1) is 14.8. The quantitative estimate of drug-likeness (QED) is 0.472. The fourth-order valence-corrected chi connectivity index (χ4v) is 3.33. The van der Waals surface area contributed by atoms with Crippen LogP contribution in [-0.2, 0) is 0 Å². The van der Waals surface area contributed by atoms with Gasteiger partial charge in [-0.15, -0.1) is 0 Å². The Morgan fingerprint density at radius 3 is 2.03 bits per heavy atom. The summed E-state index contributed by atoms with van der Waals surface area (Å²) in [5, 5.41) is 23.5. The zero-order chi connectivity index (χ0) is 20.8. The van der Waals surface area contributed by atoms with E-state index in [4.69, 9.17) is 5.10 Å². The van der Waals surface area contributed by atoms with E-state index in [1.54, 1.807) is 4.68 Å². The van der Waals surface area contributed by atoms with Crippen molar-refractivity contribution in [3.05, 3.63) is 79.1 Å². The highest BCUT2D eigenvalue weighted by Gasteiger charge is 2.16. The molecule has 0 aliphatic heterocycles. The molecule has 0 aliphatic carbocycles. The van der Waals surface area contributed by atoms with Crippen LogP contribution in [0.25, 0.3) is 28.3 Å². The standard InChI is InChI=1S/C23H23N5O2/c29-13-11-27(12-14-30)22-16-23(25-17-24-22)28-21(19-9-5-2-6-10-19)15-20(26-28)18-7-3-1-4-8-18/h1-10,15-17,29-30H,11-14H2. The lowest BCUT2D eigenvalue weighted by atomic mass is 10.1. The maximum atomic E-state index is 9.35. The molecule has 152 valence electrons. The van der Waals surface area contributed by atoms with Crippen molar-refractivity contribution in [2.75, 3.05) is 31.2 Å². The summed E-state index contributed by atoms with van der Waals surface area (Å²) in [6.45, 7) is 0.677. The number of nitrogens with zero attached hydrogens (tertiary/aromatic N) is 5. The Balaban J connectivity index is 1.82. The van der Waals surface area contributed by atoms with E-state index in [1.807, 2.05) is 77.7 Å². The molecule has 0 unspecified atom stereocenters. The van der Waals surface area contributed by atoms with Gasteiger partial charge in [-0.2, -0.15) is 5.10 Å². The molecule has 2 heterocycles. The molecule has 30 heavy (non-hydrogen) atoms. The summed E-state index contributed by atoms with van der Waals surface area (Å²) in [7, 11) is 0. The van der Waals surface area contributed by atoms with Gasteiger partial charge in [-0.3, -0.25) is 0 Å². The first-order valence-corrected chi connectivity index (χ1v) is 9.80. The Morgan fingerprint density at radius 1 is 0.767 bits per heavy atom. The lowest BCUT2D eigenvalue weighted by Gasteiger charge is -2.21. The minimum absolute atomic E-state index is 0.0332. The predicted octanol–water partition coefficient (Wildman–Crippen LogP) is 2.79. The zero-order valence-corrected chi connectivity index (χ0v) is 16.5. The minimum atomic E-state index is -0.0332. The molecule has 2 aromatic carbocycles. The fraction of sp³-hybridized carbons (Fsp3) is 0.174. The van der Waals surface area contributed by atoms with Crippen LogP contribution in [0.3, 0.4) is 0 Å². The molecule has 0 saturated carbocycles. The van der Waals surface area contributed by atoms with E-state index in [2.05, 4.69) is 9.97 Å². The second-order valence-electron chi connectivity index (χ2n) is 6.73. The van der Waals surface area contributed by atoms with E-state index in [-0.39, 0.29) is 13.2 Å². The average Bonchev–Trinajstić information content (AvgIpc) is 3.26. The highest BCUT2D eigenvalue weighted by atomic mass is 16.3. The molecule has 4 aromatic rings. The number of hydrogen-bond donors (Lipinski definition) is 2. The van der Waals surface area contributed by atoms with Crippen LogP contribution in [-0.4, -0.2) is 56.3 Å². The number of aromatic nitrogens is 4. The Kier molecular flexibility index (Phi) is 6.12. The lowest BCUT2D eigenvalue weighted by molar-refractivity contribution is 0.280. The van der Waals surface area contributed by atoms with Gasteiger partial charge in [0.1, 0.15) is 12.1 Å². The van der Waals surface area contributed by atoms with Crippen LogP contribution in [0.4, 0.5) is 5.82 Å². The van der Waals surface area contributed by atoms with Crippen LogP contribution in [0.2, 0.25) is 0 Å². The number of aliphatic hydroxyl groups excluding tert-OH is 2. The van der Waals surface area contributed by atoms with Crippen molar-refractivity contribution in [1.29, 1.82) is 0 Å². The monoisotopic (exact) mass is 401 g/mol. The van der Waals surface area contributed by atoms with E-state index in [0.29, 0.717) is 24.7 Å². The Morgan fingerprint density at radius 2 is 1.40 bits per heavy atom. The second kappa shape index (κ2) is 9.30. The van der Waals surface area contributed by atoms with Gasteiger partial charge >= 0.3 is 0 Å². The normalized spacial score (nSPS) is 10.9. The third-order valence-corrected chi connectivity index (χ3v) is 4.77. The Labute approximate surface area is 174 Å². The molecule has 0 radical (unpaired) electrons. The number of hydrogen-bond acceptors (Lipinski definition) is 6. The number of aliphatic hydroxyl groups is 2. The van der Waals surface area contributed by atoms with Gasteiger partial charge in [-0.25, -0.2) is 14.6 Å². The van der Waals surface area contributed by atoms with Crippen molar-refractivity contribution in [1.82, 2.24) is 19.7 Å². The van der Waals surface area contributed by atoms with Crippen LogP contribution in [0.15, 0.2) is 79.1 Å². The SMILES string of the molecule is OCCN(CCO)c1cc(-n2nc(-c3ccccc3)cc2-c2ccccc2)ncn1. The van der Waals surface area contributed by atoms with E-state index in [0.717, 1.165) is 22.5 Å². The summed E-state index contributed by atoms with van der Waals surface area (Å²) in [6.07, 6.45) is 1.48. The van der Waals surface area contributed by atoms with Gasteiger partial charge in [0.2, 0.25) is 0 Å². The molecule has 2 aromatic heterocycles. The number of anilines is 1. The molecule has 4 rings (SSSR count). The van der Waals surface area contributed by atoms with Gasteiger partial charge in [0.15, 0.2) is 5.82 Å². The summed E-state index contributed by atoms with van der Waals surface area (Å²) in [6, 6.07) is 23.9. The van der Waals surface area contributed by atoms with Crippen molar-refractivity contribution in [3.8, 4) is 28.3 Å². The van der Waals surface area contributed by atoms with Gasteiger partial charge in [0.05, 0.1) is 24.6 Å². The summed E-state index contributed by atoms with van der Waals surface area (Å²) in [5.74, 6) is 1.24. The molecule has 0 bridgehead atoms. The largest absolute Gasteiger partial charge is 0.395 e. The minimum Gasteiger partial charge on any atom is -0.395 e. The van der Waals surface area contributed by atoms with Crippen LogP contribution < -0.4 is 4.90 Å². The molecule has 2 N–H and O–H groups in total. The van der Waals surface area contributed by atoms with Crippen molar-refractivity contribution in [2.45, 2.75) is 0 Å². The predicted molar refractivity (Wildman–Crippen MR) is 116 cm³/mol. The smallest absolute Gasteiger partial charge is 0.159 e. The van der Waals surface area contributed by atoms with Gasteiger partial charge in [-0.05, 0) is 6.07 Å². The van der Waals surface area contributed by atoms with Crippen LogP contribution >= 0.6 is 0 Å². The van der Waals surface area contributed by atoms with E-state index in [9.17, 15) is 10.2 Å². The highest BCUT2D eigenvalue weighted by Crippen LogP contribution is 2.28. The molecule has 0 fully saturated rings. The van der Waals surface area contributed by atoms with Crippen LogP contribution in [0, 0.1) is 0 Å². The second-order valence-corrected chi connectivity index (χ2v) is 6.73. The third kappa shape index (κ3) is 4.22. The van der Waals surface area contributed by atoms with E-state index >= 15 is 0 Å². The third-order valence-electron chi connectivity index (χ3n) is 4.77. The van der Waals surface area contributed by atoms with Gasteiger partial charge in [0.25, 0.3) is 0 Å². The number of rotatable bonds is 8. The summed E-state index contributed by atoms with van der Waals surface area (Å²) in [4.78, 5) is 10.6. The molecular formula is C23H23N5O2. The topological polar surface area (TPSA) is 87.3 Å². The maximum absolute atomic E-state index is 9.35. The zero-order valence-electron chi connectivity index (χ0n) is 16.5. The lowest BCUT2D eigenvalue weighted by Crippen LogP contribution is -2.30. The van der Waals surface area contributed by atoms with Crippen molar-refractivity contribution >= 4 is 5.82 Å². The molecule has 0 saturated heterocycles.